The SMILES string of the molecule is CCC(C)(C)c1ccc(CNC(=O)C2CCNCC2)cc1. The van der Waals surface area contributed by atoms with Gasteiger partial charge in [-0.15, -0.1) is 0 Å². The predicted molar refractivity (Wildman–Crippen MR) is 87.2 cm³/mol. The summed E-state index contributed by atoms with van der Waals surface area (Å²) in [6.07, 6.45) is 3.03. The van der Waals surface area contributed by atoms with E-state index in [1.165, 1.54) is 11.1 Å². The summed E-state index contributed by atoms with van der Waals surface area (Å²) in [5.74, 6) is 0.388. The molecule has 1 fully saturated rings. The number of hydrogen-bond donors (Lipinski definition) is 2. The quantitative estimate of drug-likeness (QED) is 0.874. The van der Waals surface area contributed by atoms with Gasteiger partial charge in [-0.05, 0) is 48.9 Å². The molecule has 116 valence electrons. The monoisotopic (exact) mass is 288 g/mol. The molecule has 1 aliphatic heterocycles. The van der Waals surface area contributed by atoms with E-state index in [1.807, 2.05) is 0 Å². The molecule has 21 heavy (non-hydrogen) atoms. The lowest BCUT2D eigenvalue weighted by atomic mass is 9.82. The lowest BCUT2D eigenvalue weighted by Gasteiger charge is -2.24. The molecular formula is C18H28N2O. The molecule has 1 aromatic rings. The van der Waals surface area contributed by atoms with E-state index in [9.17, 15) is 4.79 Å². The van der Waals surface area contributed by atoms with Crippen LogP contribution in [-0.2, 0) is 16.8 Å². The highest BCUT2D eigenvalue weighted by molar-refractivity contribution is 5.78. The number of nitrogens with one attached hydrogen (secondary N) is 2. The first-order valence-corrected chi connectivity index (χ1v) is 8.11. The summed E-state index contributed by atoms with van der Waals surface area (Å²) >= 11 is 0. The zero-order valence-electron chi connectivity index (χ0n) is 13.5. The van der Waals surface area contributed by atoms with E-state index in [-0.39, 0.29) is 17.2 Å². The molecule has 0 unspecified atom stereocenters. The van der Waals surface area contributed by atoms with Crippen molar-refractivity contribution in [2.24, 2.45) is 5.92 Å². The molecule has 2 rings (SSSR count). The first-order valence-electron chi connectivity index (χ1n) is 8.11. The summed E-state index contributed by atoms with van der Waals surface area (Å²) in [6, 6.07) is 8.65. The van der Waals surface area contributed by atoms with E-state index in [0.29, 0.717) is 6.54 Å². The highest BCUT2D eigenvalue weighted by atomic mass is 16.1. The zero-order valence-corrected chi connectivity index (χ0v) is 13.5. The zero-order chi connectivity index (χ0) is 15.3. The Bertz CT molecular complexity index is 459. The van der Waals surface area contributed by atoms with E-state index in [4.69, 9.17) is 0 Å². The molecule has 0 saturated carbocycles. The molecular weight excluding hydrogens is 260 g/mol. The minimum Gasteiger partial charge on any atom is -0.352 e. The summed E-state index contributed by atoms with van der Waals surface area (Å²) in [4.78, 5) is 12.1. The van der Waals surface area contributed by atoms with Gasteiger partial charge in [-0.2, -0.15) is 0 Å². The summed E-state index contributed by atoms with van der Waals surface area (Å²) in [5, 5.41) is 6.36. The second-order valence-corrected chi connectivity index (χ2v) is 6.68. The fraction of sp³-hybridized carbons (Fsp3) is 0.611. The van der Waals surface area contributed by atoms with Gasteiger partial charge in [-0.1, -0.05) is 45.0 Å². The van der Waals surface area contributed by atoms with Crippen LogP contribution >= 0.6 is 0 Å². The third kappa shape index (κ3) is 4.31. The van der Waals surface area contributed by atoms with Crippen LogP contribution < -0.4 is 10.6 Å². The number of rotatable bonds is 5. The van der Waals surface area contributed by atoms with Crippen LogP contribution in [0.1, 0.15) is 51.2 Å². The first-order chi connectivity index (χ1) is 10.0. The van der Waals surface area contributed by atoms with Crippen LogP contribution in [-0.4, -0.2) is 19.0 Å². The van der Waals surface area contributed by atoms with Gasteiger partial charge in [0.25, 0.3) is 0 Å². The van der Waals surface area contributed by atoms with Gasteiger partial charge < -0.3 is 10.6 Å². The molecule has 1 saturated heterocycles. The fourth-order valence-electron chi connectivity index (χ4n) is 2.70. The maximum Gasteiger partial charge on any atom is 0.223 e. The Morgan fingerprint density at radius 2 is 1.86 bits per heavy atom. The minimum absolute atomic E-state index is 0.185. The Morgan fingerprint density at radius 3 is 2.43 bits per heavy atom. The Labute approximate surface area is 128 Å². The van der Waals surface area contributed by atoms with Crippen molar-refractivity contribution in [3.63, 3.8) is 0 Å². The molecule has 0 spiro atoms. The number of hydrogen-bond acceptors (Lipinski definition) is 2. The summed E-state index contributed by atoms with van der Waals surface area (Å²) in [6.45, 7) is 9.29. The van der Waals surface area contributed by atoms with Gasteiger partial charge in [-0.3, -0.25) is 4.79 Å². The van der Waals surface area contributed by atoms with Crippen LogP contribution in [0, 0.1) is 5.92 Å². The first kappa shape index (κ1) is 16.0. The van der Waals surface area contributed by atoms with Crippen molar-refractivity contribution in [1.82, 2.24) is 10.6 Å². The largest absolute Gasteiger partial charge is 0.352 e. The Balaban J connectivity index is 1.87. The molecule has 3 nitrogen and oxygen atoms in total. The Hall–Kier alpha value is -1.35. The second kappa shape index (κ2) is 7.08. The molecule has 0 radical (unpaired) electrons. The van der Waals surface area contributed by atoms with Crippen LogP contribution in [0.25, 0.3) is 0 Å². The van der Waals surface area contributed by atoms with Crippen LogP contribution in [0.4, 0.5) is 0 Å². The molecule has 1 aromatic carbocycles. The summed E-state index contributed by atoms with van der Waals surface area (Å²) < 4.78 is 0. The van der Waals surface area contributed by atoms with Gasteiger partial charge in [0.05, 0.1) is 0 Å². The number of carbonyl (C=O) groups excluding carboxylic acids is 1. The maximum atomic E-state index is 12.1. The molecule has 0 atom stereocenters. The second-order valence-electron chi connectivity index (χ2n) is 6.68. The third-order valence-electron chi connectivity index (χ3n) is 4.80. The predicted octanol–water partition coefficient (Wildman–Crippen LogP) is 2.99. The Morgan fingerprint density at radius 1 is 1.24 bits per heavy atom. The van der Waals surface area contributed by atoms with Crippen molar-refractivity contribution in [2.75, 3.05) is 13.1 Å². The van der Waals surface area contributed by atoms with Crippen molar-refractivity contribution >= 4 is 5.91 Å². The van der Waals surface area contributed by atoms with Crippen LogP contribution in [0.3, 0.4) is 0 Å². The van der Waals surface area contributed by atoms with Gasteiger partial charge in [-0.25, -0.2) is 0 Å². The van der Waals surface area contributed by atoms with Crippen LogP contribution in [0.2, 0.25) is 0 Å². The van der Waals surface area contributed by atoms with Crippen LogP contribution in [0.5, 0.6) is 0 Å². The fourth-order valence-corrected chi connectivity index (χ4v) is 2.70. The standard InChI is InChI=1S/C18H28N2O/c1-4-18(2,3)16-7-5-14(6-8-16)13-20-17(21)15-9-11-19-12-10-15/h5-8,15,19H,4,9-13H2,1-3H3,(H,20,21). The molecule has 1 aliphatic rings. The lowest BCUT2D eigenvalue weighted by Crippen LogP contribution is -2.37. The van der Waals surface area contributed by atoms with Crippen molar-refractivity contribution in [3.05, 3.63) is 35.4 Å². The van der Waals surface area contributed by atoms with Gasteiger partial charge >= 0.3 is 0 Å². The average Bonchev–Trinajstić information content (AvgIpc) is 2.54. The number of carbonyl (C=O) groups is 1. The van der Waals surface area contributed by atoms with E-state index < -0.39 is 0 Å². The number of piperidine rings is 1. The molecule has 1 amide bonds. The molecule has 0 aliphatic carbocycles. The van der Waals surface area contributed by atoms with Gasteiger partial charge in [0.15, 0.2) is 0 Å². The minimum atomic E-state index is 0.185. The smallest absolute Gasteiger partial charge is 0.223 e. The summed E-state index contributed by atoms with van der Waals surface area (Å²) in [7, 11) is 0. The van der Waals surface area contributed by atoms with Crippen molar-refractivity contribution in [2.45, 2.75) is 52.0 Å². The molecule has 0 bridgehead atoms. The highest BCUT2D eigenvalue weighted by Gasteiger charge is 2.20. The van der Waals surface area contributed by atoms with Crippen molar-refractivity contribution in [1.29, 1.82) is 0 Å². The van der Waals surface area contributed by atoms with Gasteiger partial charge in [0, 0.05) is 12.5 Å². The van der Waals surface area contributed by atoms with Crippen LogP contribution in [0.15, 0.2) is 24.3 Å². The van der Waals surface area contributed by atoms with Gasteiger partial charge in [0.1, 0.15) is 0 Å². The Kier molecular flexibility index (Phi) is 5.40. The lowest BCUT2D eigenvalue weighted by molar-refractivity contribution is -0.125. The average molecular weight is 288 g/mol. The van der Waals surface area contributed by atoms with Crippen molar-refractivity contribution < 1.29 is 4.79 Å². The van der Waals surface area contributed by atoms with E-state index >= 15 is 0 Å². The molecule has 1 heterocycles. The topological polar surface area (TPSA) is 41.1 Å². The molecule has 2 N–H and O–H groups in total. The van der Waals surface area contributed by atoms with Crippen molar-refractivity contribution in [3.8, 4) is 0 Å². The highest BCUT2D eigenvalue weighted by Crippen LogP contribution is 2.26. The molecule has 3 heteroatoms. The van der Waals surface area contributed by atoms with E-state index in [1.54, 1.807) is 0 Å². The molecule has 0 aromatic heterocycles. The number of amides is 1. The normalized spacial score (nSPS) is 16.7. The summed E-state index contributed by atoms with van der Waals surface area (Å²) in [5.41, 5.74) is 2.75. The number of benzene rings is 1. The maximum absolute atomic E-state index is 12.1. The van der Waals surface area contributed by atoms with E-state index in [0.717, 1.165) is 32.4 Å². The van der Waals surface area contributed by atoms with E-state index in [2.05, 4.69) is 55.7 Å². The van der Waals surface area contributed by atoms with Gasteiger partial charge in [0.2, 0.25) is 5.91 Å². The third-order valence-corrected chi connectivity index (χ3v) is 4.80.